The molecule has 104 valence electrons. The highest BCUT2D eigenvalue weighted by Gasteiger charge is 2.05. The van der Waals surface area contributed by atoms with Crippen molar-refractivity contribution in [1.29, 1.82) is 0 Å². The number of carbonyl (C=O) groups is 1. The summed E-state index contributed by atoms with van der Waals surface area (Å²) in [4.78, 5) is 11.2. The van der Waals surface area contributed by atoms with E-state index in [9.17, 15) is 4.79 Å². The Bertz CT molecular complexity index is 641. The van der Waals surface area contributed by atoms with Crippen molar-refractivity contribution in [3.05, 3.63) is 52.8 Å². The maximum absolute atomic E-state index is 11.2. The first-order valence-electron chi connectivity index (χ1n) is 6.31. The molecule has 1 aromatic carbocycles. The predicted octanol–water partition coefficient (Wildman–Crippen LogP) is 4.48. The van der Waals surface area contributed by atoms with Crippen molar-refractivity contribution < 1.29 is 13.9 Å². The van der Waals surface area contributed by atoms with E-state index in [1.807, 2.05) is 31.2 Å². The molecule has 0 bridgehead atoms. The number of furan rings is 1. The molecule has 0 radical (unpaired) electrons. The lowest BCUT2D eigenvalue weighted by Gasteiger charge is -2.00. The molecule has 0 aliphatic rings. The zero-order valence-corrected chi connectivity index (χ0v) is 12.1. The second kappa shape index (κ2) is 6.44. The van der Waals surface area contributed by atoms with Gasteiger partial charge < -0.3 is 9.15 Å². The summed E-state index contributed by atoms with van der Waals surface area (Å²) in [5.74, 6) is 0.906. The van der Waals surface area contributed by atoms with Crippen molar-refractivity contribution in [2.45, 2.75) is 13.8 Å². The van der Waals surface area contributed by atoms with Crippen LogP contribution in [0.1, 0.15) is 18.2 Å². The highest BCUT2D eigenvalue weighted by molar-refractivity contribution is 6.31. The zero-order valence-electron chi connectivity index (χ0n) is 11.4. The van der Waals surface area contributed by atoms with Crippen molar-refractivity contribution in [2.24, 2.45) is 0 Å². The Morgan fingerprint density at radius 1 is 1.35 bits per heavy atom. The Morgan fingerprint density at radius 3 is 2.85 bits per heavy atom. The summed E-state index contributed by atoms with van der Waals surface area (Å²) in [6, 6.07) is 9.37. The molecule has 20 heavy (non-hydrogen) atoms. The number of halogens is 1. The Morgan fingerprint density at radius 2 is 2.15 bits per heavy atom. The maximum Gasteiger partial charge on any atom is 0.330 e. The van der Waals surface area contributed by atoms with Gasteiger partial charge in [-0.1, -0.05) is 23.7 Å². The quantitative estimate of drug-likeness (QED) is 0.615. The van der Waals surface area contributed by atoms with Gasteiger partial charge in [-0.05, 0) is 43.7 Å². The van der Waals surface area contributed by atoms with Crippen LogP contribution in [-0.2, 0) is 9.53 Å². The number of ether oxygens (including phenoxy) is 1. The van der Waals surface area contributed by atoms with Crippen LogP contribution in [0.3, 0.4) is 0 Å². The van der Waals surface area contributed by atoms with Crippen LogP contribution in [0.15, 0.2) is 40.8 Å². The van der Waals surface area contributed by atoms with Gasteiger partial charge in [-0.25, -0.2) is 4.79 Å². The molecule has 1 aromatic heterocycles. The lowest BCUT2D eigenvalue weighted by atomic mass is 10.1. The van der Waals surface area contributed by atoms with E-state index < -0.39 is 0 Å². The van der Waals surface area contributed by atoms with Gasteiger partial charge in [-0.2, -0.15) is 0 Å². The Kier molecular flexibility index (Phi) is 4.64. The lowest BCUT2D eigenvalue weighted by molar-refractivity contribution is -0.137. The van der Waals surface area contributed by atoms with Crippen LogP contribution in [0.4, 0.5) is 0 Å². The van der Waals surface area contributed by atoms with Gasteiger partial charge in [0.1, 0.15) is 11.5 Å². The van der Waals surface area contributed by atoms with Crippen LogP contribution in [0.2, 0.25) is 5.02 Å². The third-order valence-electron chi connectivity index (χ3n) is 2.75. The molecule has 0 spiro atoms. The van der Waals surface area contributed by atoms with Crippen molar-refractivity contribution in [3.8, 4) is 11.3 Å². The van der Waals surface area contributed by atoms with Gasteiger partial charge in [-0.3, -0.25) is 0 Å². The smallest absolute Gasteiger partial charge is 0.330 e. The molecular formula is C16H15ClO3. The van der Waals surface area contributed by atoms with Crippen LogP contribution in [-0.4, -0.2) is 12.6 Å². The monoisotopic (exact) mass is 290 g/mol. The van der Waals surface area contributed by atoms with Crippen LogP contribution in [0.5, 0.6) is 0 Å². The number of carbonyl (C=O) groups excluding carboxylic acids is 1. The van der Waals surface area contributed by atoms with Gasteiger partial charge in [0, 0.05) is 16.7 Å². The summed E-state index contributed by atoms with van der Waals surface area (Å²) in [7, 11) is 0. The molecule has 0 N–H and O–H groups in total. The molecule has 0 fully saturated rings. The SMILES string of the molecule is CCOC(=O)/C=C/c1ccc(-c2ccc(C)c(Cl)c2)o1. The third-order valence-corrected chi connectivity index (χ3v) is 3.16. The largest absolute Gasteiger partial charge is 0.463 e. The van der Waals surface area contributed by atoms with E-state index in [1.165, 1.54) is 6.08 Å². The molecule has 0 saturated heterocycles. The number of esters is 1. The fourth-order valence-corrected chi connectivity index (χ4v) is 1.86. The molecular weight excluding hydrogens is 276 g/mol. The molecule has 0 saturated carbocycles. The first-order chi connectivity index (χ1) is 9.60. The molecule has 0 aliphatic carbocycles. The summed E-state index contributed by atoms with van der Waals surface area (Å²) >= 11 is 6.09. The summed E-state index contributed by atoms with van der Waals surface area (Å²) < 4.78 is 10.4. The third kappa shape index (κ3) is 3.52. The second-order valence-corrected chi connectivity index (χ2v) is 4.66. The van der Waals surface area contributed by atoms with E-state index in [-0.39, 0.29) is 5.97 Å². The molecule has 0 atom stereocenters. The average Bonchev–Trinajstić information content (AvgIpc) is 2.89. The van der Waals surface area contributed by atoms with Crippen LogP contribution in [0, 0.1) is 6.92 Å². The van der Waals surface area contributed by atoms with E-state index in [1.54, 1.807) is 19.1 Å². The summed E-state index contributed by atoms with van der Waals surface area (Å²) in [6.07, 6.45) is 2.92. The Labute approximate surface area is 122 Å². The second-order valence-electron chi connectivity index (χ2n) is 4.25. The van der Waals surface area contributed by atoms with Crippen molar-refractivity contribution >= 4 is 23.6 Å². The van der Waals surface area contributed by atoms with Gasteiger partial charge in [0.15, 0.2) is 0 Å². The van der Waals surface area contributed by atoms with Gasteiger partial charge >= 0.3 is 5.97 Å². The number of hydrogen-bond donors (Lipinski definition) is 0. The van der Waals surface area contributed by atoms with E-state index in [0.717, 1.165) is 11.1 Å². The first kappa shape index (κ1) is 14.4. The average molecular weight is 291 g/mol. The molecule has 2 aromatic rings. The minimum atomic E-state index is -0.385. The predicted molar refractivity (Wildman–Crippen MR) is 79.6 cm³/mol. The minimum Gasteiger partial charge on any atom is -0.463 e. The fraction of sp³-hybridized carbons (Fsp3) is 0.188. The molecule has 0 aliphatic heterocycles. The van der Waals surface area contributed by atoms with Crippen molar-refractivity contribution in [3.63, 3.8) is 0 Å². The highest BCUT2D eigenvalue weighted by Crippen LogP contribution is 2.27. The normalized spacial score (nSPS) is 10.9. The van der Waals surface area contributed by atoms with Crippen LogP contribution >= 0.6 is 11.6 Å². The standard InChI is InChI=1S/C16H15ClO3/c1-3-19-16(18)9-7-13-6-8-15(20-13)12-5-4-11(2)14(17)10-12/h4-10H,3H2,1-2H3/b9-7+. The van der Waals surface area contributed by atoms with Crippen LogP contribution < -0.4 is 0 Å². The van der Waals surface area contributed by atoms with Crippen LogP contribution in [0.25, 0.3) is 17.4 Å². The van der Waals surface area contributed by atoms with Crippen molar-refractivity contribution in [1.82, 2.24) is 0 Å². The minimum absolute atomic E-state index is 0.356. The molecule has 1 heterocycles. The first-order valence-corrected chi connectivity index (χ1v) is 6.69. The summed E-state index contributed by atoms with van der Waals surface area (Å²) in [5, 5.41) is 0.697. The molecule has 2 rings (SSSR count). The number of benzene rings is 1. The number of rotatable bonds is 4. The highest BCUT2D eigenvalue weighted by atomic mass is 35.5. The summed E-state index contributed by atoms with van der Waals surface area (Å²) in [5.41, 5.74) is 1.92. The van der Waals surface area contributed by atoms with Gasteiger partial charge in [-0.15, -0.1) is 0 Å². The fourth-order valence-electron chi connectivity index (χ4n) is 1.68. The zero-order chi connectivity index (χ0) is 14.5. The van der Waals surface area contributed by atoms with Gasteiger partial charge in [0.05, 0.1) is 6.61 Å². The Balaban J connectivity index is 2.16. The van der Waals surface area contributed by atoms with Gasteiger partial charge in [0.25, 0.3) is 0 Å². The summed E-state index contributed by atoms with van der Waals surface area (Å²) in [6.45, 7) is 4.06. The van der Waals surface area contributed by atoms with E-state index in [2.05, 4.69) is 0 Å². The maximum atomic E-state index is 11.2. The lowest BCUT2D eigenvalue weighted by Crippen LogP contribution is -1.98. The van der Waals surface area contributed by atoms with Gasteiger partial charge in [0.2, 0.25) is 0 Å². The Hall–Kier alpha value is -2.00. The number of hydrogen-bond acceptors (Lipinski definition) is 3. The topological polar surface area (TPSA) is 39.4 Å². The van der Waals surface area contributed by atoms with E-state index in [4.69, 9.17) is 20.8 Å². The molecule has 3 nitrogen and oxygen atoms in total. The van der Waals surface area contributed by atoms with Crippen molar-refractivity contribution in [2.75, 3.05) is 6.61 Å². The van der Waals surface area contributed by atoms with E-state index in [0.29, 0.717) is 23.2 Å². The molecule has 0 unspecified atom stereocenters. The number of aryl methyl sites for hydroxylation is 1. The van der Waals surface area contributed by atoms with E-state index >= 15 is 0 Å². The molecule has 0 amide bonds. The molecule has 4 heteroatoms.